The van der Waals surface area contributed by atoms with Gasteiger partial charge >= 0.3 is 0 Å². The fourth-order valence-electron chi connectivity index (χ4n) is 2.92. The van der Waals surface area contributed by atoms with Gasteiger partial charge in [-0.2, -0.15) is 5.10 Å². The third-order valence-corrected chi connectivity index (χ3v) is 4.32. The average Bonchev–Trinajstić information content (AvgIpc) is 3.31. The summed E-state index contributed by atoms with van der Waals surface area (Å²) < 4.78 is 3.65. The molecule has 1 atom stereocenters. The van der Waals surface area contributed by atoms with E-state index in [1.54, 1.807) is 29.6 Å². The number of rotatable bonds is 5. The number of benzene rings is 1. The minimum atomic E-state index is -0.180. The van der Waals surface area contributed by atoms with Gasteiger partial charge in [0.15, 0.2) is 0 Å². The van der Waals surface area contributed by atoms with E-state index in [9.17, 15) is 4.79 Å². The van der Waals surface area contributed by atoms with Crippen molar-refractivity contribution in [2.24, 2.45) is 7.05 Å². The molecule has 0 bridgehead atoms. The van der Waals surface area contributed by atoms with Crippen molar-refractivity contribution in [3.63, 3.8) is 0 Å². The number of nitrogens with zero attached hydrogens (tertiary/aromatic N) is 5. The molecule has 0 saturated carbocycles. The van der Waals surface area contributed by atoms with Crippen molar-refractivity contribution in [1.29, 1.82) is 0 Å². The second-order valence-electron chi connectivity index (χ2n) is 6.09. The zero-order valence-corrected chi connectivity index (χ0v) is 14.3. The fourth-order valence-corrected chi connectivity index (χ4v) is 2.92. The number of imidazole rings is 1. The summed E-state index contributed by atoms with van der Waals surface area (Å²) in [4.78, 5) is 21.2. The molecule has 0 aliphatic rings. The van der Waals surface area contributed by atoms with E-state index in [1.807, 2.05) is 54.2 Å². The Morgan fingerprint density at radius 2 is 2.08 bits per heavy atom. The van der Waals surface area contributed by atoms with Crippen LogP contribution in [0.25, 0.3) is 11.0 Å². The van der Waals surface area contributed by atoms with E-state index >= 15 is 0 Å². The lowest BCUT2D eigenvalue weighted by Crippen LogP contribution is -2.31. The van der Waals surface area contributed by atoms with Gasteiger partial charge in [0.25, 0.3) is 5.91 Å². The van der Waals surface area contributed by atoms with Gasteiger partial charge in [0.1, 0.15) is 5.52 Å². The maximum Gasteiger partial charge on any atom is 0.253 e. The molecule has 0 spiro atoms. The Morgan fingerprint density at radius 3 is 2.85 bits per heavy atom. The molecule has 0 fully saturated rings. The highest BCUT2D eigenvalue weighted by atomic mass is 16.1. The molecule has 0 saturated heterocycles. The van der Waals surface area contributed by atoms with Gasteiger partial charge in [-0.05, 0) is 11.6 Å². The largest absolute Gasteiger partial charge is 0.343 e. The van der Waals surface area contributed by atoms with Crippen LogP contribution in [0.3, 0.4) is 0 Å². The Balaban J connectivity index is 1.61. The first-order valence-electron chi connectivity index (χ1n) is 8.30. The third-order valence-electron chi connectivity index (χ3n) is 4.32. The topological polar surface area (TPSA) is 77.6 Å². The maximum atomic E-state index is 12.8. The van der Waals surface area contributed by atoms with E-state index in [4.69, 9.17) is 0 Å². The minimum absolute atomic E-state index is 0.172. The van der Waals surface area contributed by atoms with Crippen LogP contribution in [0.4, 0.5) is 0 Å². The van der Waals surface area contributed by atoms with Gasteiger partial charge in [-0.15, -0.1) is 0 Å². The average molecular weight is 346 g/mol. The first-order valence-corrected chi connectivity index (χ1v) is 8.30. The van der Waals surface area contributed by atoms with Crippen LogP contribution in [0.1, 0.15) is 22.0 Å². The number of hydrogen-bond acceptors (Lipinski definition) is 4. The van der Waals surface area contributed by atoms with Crippen LogP contribution in [-0.2, 0) is 13.6 Å². The molecule has 0 radical (unpaired) electrons. The first-order chi connectivity index (χ1) is 12.7. The van der Waals surface area contributed by atoms with Gasteiger partial charge in [-0.3, -0.25) is 14.5 Å². The van der Waals surface area contributed by atoms with Crippen molar-refractivity contribution >= 4 is 16.9 Å². The molecule has 4 aromatic rings. The Bertz CT molecular complexity index is 1020. The second-order valence-corrected chi connectivity index (χ2v) is 6.09. The molecule has 1 aromatic carbocycles. The van der Waals surface area contributed by atoms with Gasteiger partial charge in [0.2, 0.25) is 0 Å². The van der Waals surface area contributed by atoms with Crippen molar-refractivity contribution in [2.45, 2.75) is 12.6 Å². The zero-order chi connectivity index (χ0) is 17.9. The number of pyridine rings is 1. The summed E-state index contributed by atoms with van der Waals surface area (Å²) in [6.45, 7) is 0.594. The molecule has 0 aliphatic carbocycles. The molecule has 26 heavy (non-hydrogen) atoms. The molecule has 1 N–H and O–H groups in total. The molecule has 1 amide bonds. The Kier molecular flexibility index (Phi) is 4.18. The lowest BCUT2D eigenvalue weighted by atomic mass is 10.1. The number of carbonyl (C=O) groups excluding carboxylic acids is 1. The molecule has 130 valence electrons. The highest BCUT2D eigenvalue weighted by Crippen LogP contribution is 2.17. The summed E-state index contributed by atoms with van der Waals surface area (Å²) >= 11 is 0. The van der Waals surface area contributed by atoms with Crippen molar-refractivity contribution in [3.8, 4) is 0 Å². The Morgan fingerprint density at radius 1 is 1.23 bits per heavy atom. The van der Waals surface area contributed by atoms with Crippen molar-refractivity contribution in [2.75, 3.05) is 0 Å². The fraction of sp³-hybridized carbons (Fsp3) is 0.158. The molecule has 3 heterocycles. The molecule has 7 heteroatoms. The quantitative estimate of drug-likeness (QED) is 0.602. The first kappa shape index (κ1) is 16.0. The predicted molar refractivity (Wildman–Crippen MR) is 97.4 cm³/mol. The maximum absolute atomic E-state index is 12.8. The molecular weight excluding hydrogens is 328 g/mol. The number of amides is 1. The molecule has 0 aliphatic heterocycles. The van der Waals surface area contributed by atoms with Crippen LogP contribution in [0.2, 0.25) is 0 Å². The van der Waals surface area contributed by atoms with Crippen LogP contribution in [0.15, 0.2) is 67.5 Å². The van der Waals surface area contributed by atoms with E-state index in [0.29, 0.717) is 12.1 Å². The number of nitrogens with one attached hydrogen (secondary N) is 1. The van der Waals surface area contributed by atoms with E-state index in [-0.39, 0.29) is 11.9 Å². The Labute approximate surface area is 150 Å². The number of aryl methyl sites for hydroxylation is 1. The number of carbonyl (C=O) groups is 1. The van der Waals surface area contributed by atoms with Crippen LogP contribution in [-0.4, -0.2) is 30.2 Å². The lowest BCUT2D eigenvalue weighted by Gasteiger charge is -2.20. The van der Waals surface area contributed by atoms with Crippen LogP contribution >= 0.6 is 0 Å². The number of hydrogen-bond donors (Lipinski definition) is 1. The summed E-state index contributed by atoms with van der Waals surface area (Å²) in [6, 6.07) is 11.5. The predicted octanol–water partition coefficient (Wildman–Crippen LogP) is 2.34. The zero-order valence-electron chi connectivity index (χ0n) is 14.3. The molecule has 4 rings (SSSR count). The van der Waals surface area contributed by atoms with E-state index < -0.39 is 0 Å². The van der Waals surface area contributed by atoms with Crippen molar-refractivity contribution in [3.05, 3.63) is 78.6 Å². The van der Waals surface area contributed by atoms with Gasteiger partial charge in [-0.1, -0.05) is 30.3 Å². The summed E-state index contributed by atoms with van der Waals surface area (Å²) in [7, 11) is 1.83. The molecule has 1 unspecified atom stereocenters. The molecule has 3 aromatic heterocycles. The molecular formula is C19H18N6O. The van der Waals surface area contributed by atoms with Gasteiger partial charge in [-0.25, -0.2) is 4.98 Å². The normalized spacial score (nSPS) is 12.2. The smallest absolute Gasteiger partial charge is 0.253 e. The summed E-state index contributed by atoms with van der Waals surface area (Å²) in [5.41, 5.74) is 3.13. The Hall–Kier alpha value is -3.48. The van der Waals surface area contributed by atoms with Crippen molar-refractivity contribution < 1.29 is 4.79 Å². The van der Waals surface area contributed by atoms with Crippen LogP contribution < -0.4 is 5.32 Å². The highest BCUT2D eigenvalue weighted by Gasteiger charge is 2.17. The standard InChI is InChI=1S/C19H18N6O/c1-24-18-9-15(10-21-16(18)11-22-24)19(26)23-17(12-25-8-7-20-13-25)14-5-3-2-4-6-14/h2-11,13,17H,12H2,1H3,(H,23,26). The van der Waals surface area contributed by atoms with Crippen LogP contribution in [0, 0.1) is 0 Å². The van der Waals surface area contributed by atoms with E-state index in [0.717, 1.165) is 16.6 Å². The monoisotopic (exact) mass is 346 g/mol. The van der Waals surface area contributed by atoms with Gasteiger partial charge in [0.05, 0.1) is 29.6 Å². The molecule has 7 nitrogen and oxygen atoms in total. The van der Waals surface area contributed by atoms with E-state index in [2.05, 4.69) is 20.4 Å². The summed E-state index contributed by atoms with van der Waals surface area (Å²) in [5.74, 6) is -0.172. The van der Waals surface area contributed by atoms with Crippen molar-refractivity contribution in [1.82, 2.24) is 29.6 Å². The van der Waals surface area contributed by atoms with E-state index in [1.165, 1.54) is 0 Å². The lowest BCUT2D eigenvalue weighted by molar-refractivity contribution is 0.0932. The number of aromatic nitrogens is 5. The second kappa shape index (κ2) is 6.79. The third kappa shape index (κ3) is 3.19. The number of fused-ring (bicyclic) bond motifs is 1. The van der Waals surface area contributed by atoms with Crippen LogP contribution in [0.5, 0.6) is 0 Å². The minimum Gasteiger partial charge on any atom is -0.343 e. The van der Waals surface area contributed by atoms with Gasteiger partial charge < -0.3 is 9.88 Å². The van der Waals surface area contributed by atoms with Gasteiger partial charge in [0, 0.05) is 32.2 Å². The summed E-state index contributed by atoms with van der Waals surface area (Å²) in [5, 5.41) is 7.27. The SMILES string of the molecule is Cn1ncc2ncc(C(=O)NC(Cn3ccnc3)c3ccccc3)cc21. The summed E-state index contributed by atoms with van der Waals surface area (Å²) in [6.07, 6.45) is 8.61. The highest BCUT2D eigenvalue weighted by molar-refractivity contribution is 5.96.